The summed E-state index contributed by atoms with van der Waals surface area (Å²) in [5.41, 5.74) is 0. The number of rotatable bonds is 18. The minimum absolute atomic E-state index is 0.00238. The zero-order valence-corrected chi connectivity index (χ0v) is 19.8. The second kappa shape index (κ2) is 18.9. The van der Waals surface area contributed by atoms with Crippen LogP contribution >= 0.6 is 12.9 Å². The van der Waals surface area contributed by atoms with Crippen molar-refractivity contribution in [1.82, 2.24) is 0 Å². The molecule has 3 atom stereocenters. The lowest BCUT2D eigenvalue weighted by Gasteiger charge is -2.19. The third-order valence-electron chi connectivity index (χ3n) is 4.67. The summed E-state index contributed by atoms with van der Waals surface area (Å²) in [6, 6.07) is 0. The molecule has 0 saturated heterocycles. The van der Waals surface area contributed by atoms with Crippen molar-refractivity contribution in [3.8, 4) is 0 Å². The van der Waals surface area contributed by atoms with E-state index in [1.165, 1.54) is 57.8 Å². The fourth-order valence-corrected chi connectivity index (χ4v) is 4.83. The Bertz CT molecular complexity index is 254. The van der Waals surface area contributed by atoms with Crippen LogP contribution in [0, 0.1) is 11.8 Å². The van der Waals surface area contributed by atoms with Crippen molar-refractivity contribution in [1.29, 1.82) is 0 Å². The maximum absolute atomic E-state index is 5.59. The van der Waals surface area contributed by atoms with Crippen molar-refractivity contribution in [2.45, 2.75) is 96.0 Å². The first-order valence-corrected chi connectivity index (χ1v) is 15.0. The Morgan fingerprint density at radius 2 is 1.42 bits per heavy atom. The number of ether oxygens (including phenoxy) is 2. The first kappa shape index (κ1) is 25.2. The monoisotopic (exact) mass is 416 g/mol. The van der Waals surface area contributed by atoms with Crippen LogP contribution in [-0.4, -0.2) is 38.2 Å². The Hall–Kier alpha value is 1.17. The third-order valence-corrected chi connectivity index (χ3v) is 8.84. The fourth-order valence-electron chi connectivity index (χ4n) is 3.35. The van der Waals surface area contributed by atoms with Crippen molar-refractivity contribution in [3.05, 3.63) is 0 Å². The molecule has 0 aromatic carbocycles. The Morgan fingerprint density at radius 1 is 0.792 bits per heavy atom. The minimum Gasteiger partial charge on any atom is -0.355 e. The molecule has 2 nitrogen and oxygen atoms in total. The largest absolute Gasteiger partial charge is 0.471 e. The summed E-state index contributed by atoms with van der Waals surface area (Å²) in [5.74, 6) is 1.68. The van der Waals surface area contributed by atoms with Crippen molar-refractivity contribution in [3.63, 3.8) is 0 Å². The van der Waals surface area contributed by atoms with E-state index in [0.717, 1.165) is 35.5 Å². The van der Waals surface area contributed by atoms with Gasteiger partial charge in [0.25, 0.3) is 0 Å². The SMILES string of the molecule is CCCCCCCCOCOCCCC(C)CC(C)C[CH](C)[Mg][Br]. The summed E-state index contributed by atoms with van der Waals surface area (Å²) in [4.78, 5) is 0. The highest BCUT2D eigenvalue weighted by Gasteiger charge is 2.13. The number of halogens is 1. The Kier molecular flexibility index (Phi) is 19.9. The highest BCUT2D eigenvalue weighted by atomic mass is 79.9. The maximum atomic E-state index is 5.59. The normalized spacial score (nSPS) is 15.0. The van der Waals surface area contributed by atoms with Gasteiger partial charge in [-0.3, -0.25) is 0 Å². The zero-order chi connectivity index (χ0) is 18.0. The van der Waals surface area contributed by atoms with Crippen molar-refractivity contribution >= 4 is 31.1 Å². The molecule has 0 aromatic heterocycles. The van der Waals surface area contributed by atoms with Gasteiger partial charge >= 0.3 is 18.2 Å². The number of hydrogen-bond acceptors (Lipinski definition) is 2. The lowest BCUT2D eigenvalue weighted by atomic mass is 9.91. The molecule has 142 valence electrons. The zero-order valence-electron chi connectivity index (χ0n) is 16.8. The molecule has 0 amide bonds. The molecule has 0 radical (unpaired) electrons. The number of unbranched alkanes of at least 4 members (excludes halogenated alkanes) is 5. The maximum Gasteiger partial charge on any atom is 0.471 e. The third kappa shape index (κ3) is 18.0. The molecular weight excluding hydrogens is 376 g/mol. The summed E-state index contributed by atoms with van der Waals surface area (Å²) in [6.45, 7) is 11.6. The van der Waals surface area contributed by atoms with Gasteiger partial charge in [0.1, 0.15) is 6.79 Å². The molecule has 0 heterocycles. The van der Waals surface area contributed by atoms with E-state index in [4.69, 9.17) is 9.47 Å². The van der Waals surface area contributed by atoms with E-state index in [1.54, 1.807) is 0 Å². The average molecular weight is 418 g/mol. The second-order valence-electron chi connectivity index (χ2n) is 7.79. The van der Waals surface area contributed by atoms with Gasteiger partial charge in [-0.2, -0.15) is 0 Å². The predicted octanol–water partition coefficient (Wildman–Crippen LogP) is 6.99. The minimum atomic E-state index is 0.00238. The van der Waals surface area contributed by atoms with E-state index >= 15 is 0 Å². The van der Waals surface area contributed by atoms with Gasteiger partial charge in [-0.25, -0.2) is 0 Å². The Balaban J connectivity index is 3.28. The topological polar surface area (TPSA) is 18.5 Å². The lowest BCUT2D eigenvalue weighted by molar-refractivity contribution is -0.0561. The van der Waals surface area contributed by atoms with Gasteiger partial charge in [0.05, 0.1) is 0 Å². The first-order chi connectivity index (χ1) is 11.6. The standard InChI is InChI=1S/C20H41O2.BrH.Mg/c1-5-7-8-9-10-11-15-21-18-22-16-12-14-20(4)17-19(3)13-6-2;;/h6,19-20H,5,7-18H2,1-4H3;1H;/q;;+1/p-1. The quantitative estimate of drug-likeness (QED) is 0.136. The van der Waals surface area contributed by atoms with E-state index in [1.807, 2.05) is 0 Å². The summed E-state index contributed by atoms with van der Waals surface area (Å²) < 4.78 is 12.1. The first-order valence-electron chi connectivity index (χ1n) is 10.3. The van der Waals surface area contributed by atoms with E-state index in [-0.39, 0.29) is 18.2 Å². The van der Waals surface area contributed by atoms with Gasteiger partial charge < -0.3 is 22.4 Å². The molecule has 0 fully saturated rings. The van der Waals surface area contributed by atoms with Crippen LogP contribution in [-0.2, 0) is 9.47 Å². The van der Waals surface area contributed by atoms with E-state index in [0.29, 0.717) is 6.79 Å². The van der Waals surface area contributed by atoms with E-state index in [2.05, 4.69) is 40.6 Å². The van der Waals surface area contributed by atoms with Gasteiger partial charge in [0, 0.05) is 13.2 Å². The molecule has 0 aliphatic rings. The molecule has 0 N–H and O–H groups in total. The molecule has 3 unspecified atom stereocenters. The molecule has 0 rings (SSSR count). The van der Waals surface area contributed by atoms with Crippen molar-refractivity contribution in [2.75, 3.05) is 20.0 Å². The van der Waals surface area contributed by atoms with Crippen LogP contribution in [0.4, 0.5) is 0 Å². The molecule has 0 aliphatic carbocycles. The van der Waals surface area contributed by atoms with Crippen molar-refractivity contribution < 1.29 is 9.47 Å². The van der Waals surface area contributed by atoms with Crippen LogP contribution in [0.25, 0.3) is 0 Å². The number of hydrogen-bond donors (Lipinski definition) is 0. The van der Waals surface area contributed by atoms with Crippen LogP contribution in [0.3, 0.4) is 0 Å². The van der Waals surface area contributed by atoms with Gasteiger partial charge in [-0.15, -0.1) is 4.05 Å². The smallest absolute Gasteiger partial charge is 0.355 e. The predicted molar refractivity (Wildman–Crippen MR) is 111 cm³/mol. The molecule has 0 spiro atoms. The fraction of sp³-hybridized carbons (Fsp3) is 1.00. The van der Waals surface area contributed by atoms with E-state index in [9.17, 15) is 0 Å². The summed E-state index contributed by atoms with van der Waals surface area (Å²) in [6.07, 6.45) is 13.1. The molecular formula is C20H41BrMgO2. The molecule has 0 aromatic rings. The van der Waals surface area contributed by atoms with Gasteiger partial charge in [-0.1, -0.05) is 66.2 Å². The second-order valence-corrected chi connectivity index (χ2v) is 11.4. The van der Waals surface area contributed by atoms with Crippen LogP contribution in [0.15, 0.2) is 0 Å². The molecule has 0 aliphatic heterocycles. The van der Waals surface area contributed by atoms with Crippen LogP contribution < -0.4 is 0 Å². The summed E-state index contributed by atoms with van der Waals surface area (Å²) in [7, 11) is 0. The molecule has 4 heteroatoms. The van der Waals surface area contributed by atoms with Crippen LogP contribution in [0.1, 0.15) is 91.9 Å². The molecule has 0 saturated carbocycles. The highest BCUT2D eigenvalue weighted by molar-refractivity contribution is 9.23. The highest BCUT2D eigenvalue weighted by Crippen LogP contribution is 2.25. The van der Waals surface area contributed by atoms with Crippen LogP contribution in [0.2, 0.25) is 4.05 Å². The van der Waals surface area contributed by atoms with Gasteiger partial charge in [-0.05, 0) is 37.5 Å². The Morgan fingerprint density at radius 3 is 2.08 bits per heavy atom. The molecule has 0 bridgehead atoms. The summed E-state index contributed by atoms with van der Waals surface area (Å²) in [5, 5.41) is 0. The van der Waals surface area contributed by atoms with E-state index < -0.39 is 0 Å². The van der Waals surface area contributed by atoms with Crippen LogP contribution in [0.5, 0.6) is 0 Å². The lowest BCUT2D eigenvalue weighted by Crippen LogP contribution is -2.08. The van der Waals surface area contributed by atoms with Gasteiger partial charge in [0.15, 0.2) is 0 Å². The Labute approximate surface area is 167 Å². The van der Waals surface area contributed by atoms with Gasteiger partial charge in [0.2, 0.25) is 0 Å². The average Bonchev–Trinajstić information content (AvgIpc) is 2.55. The molecule has 24 heavy (non-hydrogen) atoms. The summed E-state index contributed by atoms with van der Waals surface area (Å²) >= 11 is 3.72. The van der Waals surface area contributed by atoms with Crippen molar-refractivity contribution in [2.24, 2.45) is 11.8 Å².